The van der Waals surface area contributed by atoms with Crippen LogP contribution in [-0.2, 0) is 48.0 Å². The largest absolute Gasteiger partial charge is 0.492 e. The normalized spacial score (nSPS) is 17.2. The maximum Gasteiger partial charge on any atom is 0.492 e. The molecule has 1 fully saturated rings. The summed E-state index contributed by atoms with van der Waals surface area (Å²) >= 11 is 22.2. The summed E-state index contributed by atoms with van der Waals surface area (Å²) in [6.07, 6.45) is -1.68. The molecule has 7 aliphatic heterocycles. The lowest BCUT2D eigenvalue weighted by molar-refractivity contribution is -0.193. The standard InChI is InChI=1S/C27H30ClN5O2.C22H22ClN5.C18H16BrClN4.C15H26BNO4.2C2HF3O2.4CH4/c1-17-25-22-9-8-18(19-10-12-32(16-19)26(34)35-27(2,3)4)14-23(22)24(11-13-33(25)31-30-17)29-21-7-5-6-20(28)15-21;1-14-22-19-6-5-15(16-7-9-24-13-16)11-20(19)21(8-10-28(22)27-26-14)25-18-4-2-3-17(23)12-18;1-11-18-15-6-5-12(19)9-16(15)17(7-8-24(18)23-22-11)21-14-4-2-3-13(20)10-14;1-13(2,3)19-12(18)17-9-8-11(10-17)16-20-14(4,5)15(6,7)21-16;2*3-2(4,5)1(6)7;;;;/h5-10,14-15,24,29H,11-13,16H2,1-4H3;2-7,11-12,21,24-25H,8-10,13H2,1H3;2-6,9-10,17,21H,7-8H2,1H3;8H,9-10H2,1-7H3;2*(H,6,7);4*1H4. The summed E-state index contributed by atoms with van der Waals surface area (Å²) in [4.78, 5) is 45.8. The van der Waals surface area contributed by atoms with Gasteiger partial charge in [-0.3, -0.25) is 0 Å². The van der Waals surface area contributed by atoms with Gasteiger partial charge in [0, 0.05) is 112 Å². The zero-order valence-corrected chi connectivity index (χ0v) is 73.4. The predicted molar refractivity (Wildman–Crippen MR) is 488 cm³/mol. The number of fused-ring (bicyclic) bond motifs is 9. The maximum absolute atomic E-state index is 12.6. The number of nitrogens with one attached hydrogen (secondary N) is 4. The molecule has 3 atom stereocenters. The van der Waals surface area contributed by atoms with Gasteiger partial charge in [-0.05, 0) is 233 Å². The molecule has 6 aromatic carbocycles. The summed E-state index contributed by atoms with van der Waals surface area (Å²) in [6.45, 7) is 31.7. The minimum absolute atomic E-state index is 0. The van der Waals surface area contributed by atoms with Crippen LogP contribution in [0.3, 0.4) is 0 Å². The Morgan fingerprint density at radius 3 is 1.21 bits per heavy atom. The average molecular weight is 1880 g/mol. The van der Waals surface area contributed by atoms with Crippen LogP contribution in [-0.4, -0.2) is 170 Å². The summed E-state index contributed by atoms with van der Waals surface area (Å²) < 4.78 is 93.5. The zero-order valence-electron chi connectivity index (χ0n) is 69.5. The van der Waals surface area contributed by atoms with E-state index in [0.717, 1.165) is 140 Å². The van der Waals surface area contributed by atoms with Crippen LogP contribution >= 0.6 is 50.7 Å². The zero-order chi connectivity index (χ0) is 88.7. The van der Waals surface area contributed by atoms with E-state index in [1.807, 2.05) is 177 Å². The van der Waals surface area contributed by atoms with Crippen LogP contribution in [0.5, 0.6) is 0 Å². The van der Waals surface area contributed by atoms with Gasteiger partial charge in [0.05, 0.1) is 63.5 Å². The topological polar surface area (TPSA) is 292 Å². The number of aryl methyl sites for hydroxylation is 6. The smallest absolute Gasteiger partial charge is 0.475 e. The number of ether oxygens (including phenoxy) is 2. The third-order valence-corrected chi connectivity index (χ3v) is 22.1. The highest BCUT2D eigenvalue weighted by molar-refractivity contribution is 9.10. The third-order valence-electron chi connectivity index (χ3n) is 20.9. The molecule has 9 aromatic rings. The van der Waals surface area contributed by atoms with Crippen LogP contribution in [0.2, 0.25) is 15.1 Å². The number of anilines is 3. The molecule has 25 nitrogen and oxygen atoms in total. The molecule has 6 N–H and O–H groups in total. The number of hydrogen-bond acceptors (Lipinski definition) is 18. The fraction of sp³-hybridized carbons (Fsp3) is 0.422. The molecule has 0 aliphatic carbocycles. The number of amides is 2. The second-order valence-electron chi connectivity index (χ2n) is 32.8. The number of hydrogen-bond donors (Lipinski definition) is 6. The molecule has 10 heterocycles. The minimum Gasteiger partial charge on any atom is -0.475 e. The SMILES string of the molecule is C.C.C.C.CC(C)(C)OC(=O)N1CC=C(B2OC(C)(C)C(C)(C)O2)C1.Cc1nnn2c1-c1ccc(Br)cc1C(Nc1cccc(Cl)c1)CC2.Cc1nnn2c1-c1ccc(C3=CCN(C(=O)OC(C)(C)C)C3)cc1C(Nc1cccc(Cl)c1)CC2.Cc1nnn2c1-c1ccc(C3=CCNC3)cc1C(Nc1cccc(Cl)c1)CC2.O=C(O)C(F)(F)F.O=C(O)C(F)(F)F. The number of alkyl halides is 6. The van der Waals surface area contributed by atoms with Crippen LogP contribution in [0.1, 0.15) is 181 Å². The van der Waals surface area contributed by atoms with Crippen molar-refractivity contribution in [3.8, 4) is 33.8 Å². The lowest BCUT2D eigenvalue weighted by atomic mass is 9.79. The molecule has 16 rings (SSSR count). The fourth-order valence-corrected chi connectivity index (χ4v) is 15.3. The molecule has 3 unspecified atom stereocenters. The molecule has 126 heavy (non-hydrogen) atoms. The number of carbonyl (C=O) groups is 4. The van der Waals surface area contributed by atoms with Gasteiger partial charge in [-0.1, -0.05) is 163 Å². The van der Waals surface area contributed by atoms with Gasteiger partial charge in [0.2, 0.25) is 0 Å². The Kier molecular flexibility index (Phi) is 34.7. The number of carboxylic acids is 2. The summed E-state index contributed by atoms with van der Waals surface area (Å²) in [5.41, 5.74) is 20.5. The molecule has 680 valence electrons. The first-order valence-electron chi connectivity index (χ1n) is 39.3. The number of aromatic nitrogens is 9. The Morgan fingerprint density at radius 1 is 0.508 bits per heavy atom. The Morgan fingerprint density at radius 2 is 0.857 bits per heavy atom. The molecule has 0 radical (unpaired) electrons. The van der Waals surface area contributed by atoms with Crippen molar-refractivity contribution in [2.75, 3.05) is 55.2 Å². The molecule has 2 amide bonds. The molecule has 0 bridgehead atoms. The number of rotatable bonds is 9. The monoisotopic (exact) mass is 1870 g/mol. The minimum atomic E-state index is -5.08. The maximum atomic E-state index is 12.6. The van der Waals surface area contributed by atoms with Crippen LogP contribution in [0, 0.1) is 20.8 Å². The molecule has 1 saturated heterocycles. The van der Waals surface area contributed by atoms with E-state index in [1.165, 1.54) is 39.0 Å². The van der Waals surface area contributed by atoms with Gasteiger partial charge in [-0.15, -0.1) is 15.3 Å². The first-order chi connectivity index (χ1) is 57.3. The van der Waals surface area contributed by atoms with Crippen LogP contribution in [0.4, 0.5) is 53.0 Å². The van der Waals surface area contributed by atoms with Crippen LogP contribution in [0.25, 0.3) is 44.9 Å². The first-order valence-corrected chi connectivity index (χ1v) is 41.3. The van der Waals surface area contributed by atoms with Crippen molar-refractivity contribution in [3.05, 3.63) is 216 Å². The van der Waals surface area contributed by atoms with Gasteiger partial charge in [0.15, 0.2) is 0 Å². The molecule has 0 spiro atoms. The quantitative estimate of drug-likeness (QED) is 0.0578. The van der Waals surface area contributed by atoms with Crippen molar-refractivity contribution in [1.82, 2.24) is 60.1 Å². The predicted octanol–water partition coefficient (Wildman–Crippen LogP) is 22.4. The number of carboxylic acid groups (broad SMARTS) is 2. The van der Waals surface area contributed by atoms with E-state index in [-0.39, 0.29) is 78.3 Å². The van der Waals surface area contributed by atoms with Crippen molar-refractivity contribution in [3.63, 3.8) is 0 Å². The second-order valence-corrected chi connectivity index (χ2v) is 35.1. The number of halogens is 10. The van der Waals surface area contributed by atoms with E-state index < -0.39 is 35.5 Å². The highest BCUT2D eigenvalue weighted by Crippen LogP contribution is 2.44. The van der Waals surface area contributed by atoms with Crippen molar-refractivity contribution < 1.29 is 74.5 Å². The molecule has 36 heteroatoms. The Bertz CT molecular complexity index is 5390. The van der Waals surface area contributed by atoms with E-state index in [4.69, 9.17) is 73.4 Å². The summed E-state index contributed by atoms with van der Waals surface area (Å²) in [5.74, 6) is -5.51. The van der Waals surface area contributed by atoms with Gasteiger partial charge in [-0.25, -0.2) is 33.2 Å². The summed E-state index contributed by atoms with van der Waals surface area (Å²) in [7, 11) is -0.387. The summed E-state index contributed by atoms with van der Waals surface area (Å²) in [6, 6.07) is 43.7. The van der Waals surface area contributed by atoms with Gasteiger partial charge < -0.3 is 60.1 Å². The number of nitrogens with zero attached hydrogens (tertiary/aromatic N) is 11. The molecule has 0 saturated carbocycles. The Labute approximate surface area is 756 Å². The average Bonchev–Trinajstić information content (AvgIpc) is 1.62. The van der Waals surface area contributed by atoms with Gasteiger partial charge in [0.25, 0.3) is 0 Å². The van der Waals surface area contributed by atoms with E-state index in [9.17, 15) is 35.9 Å². The van der Waals surface area contributed by atoms with Crippen LogP contribution < -0.4 is 21.3 Å². The first kappa shape index (κ1) is 103. The fourth-order valence-electron chi connectivity index (χ4n) is 14.4. The van der Waals surface area contributed by atoms with Crippen molar-refractivity contribution in [1.29, 1.82) is 0 Å². The van der Waals surface area contributed by atoms with E-state index in [2.05, 4.69) is 141 Å². The lowest BCUT2D eigenvalue weighted by Gasteiger charge is -2.32. The third kappa shape index (κ3) is 26.2. The van der Waals surface area contributed by atoms with Crippen LogP contribution in [0.15, 0.2) is 156 Å². The van der Waals surface area contributed by atoms with Gasteiger partial charge >= 0.3 is 43.6 Å². The molecule has 7 aliphatic rings. The van der Waals surface area contributed by atoms with Crippen molar-refractivity contribution in [2.45, 2.75) is 211 Å². The number of aliphatic carboxylic acids is 2. The van der Waals surface area contributed by atoms with E-state index in [1.54, 1.807) is 9.80 Å². The summed E-state index contributed by atoms with van der Waals surface area (Å²) in [5, 5.41) is 56.7. The Balaban J connectivity index is 0.000000219. The molecular formula is C90H112BBrCl3F6N15O10. The van der Waals surface area contributed by atoms with Crippen molar-refractivity contribution >= 4 is 110 Å². The highest BCUT2D eigenvalue weighted by Gasteiger charge is 2.53. The molecular weight excluding hydrogens is 1760 g/mol. The number of carbonyl (C=O) groups excluding carboxylic acids is 2. The second kappa shape index (κ2) is 42.5. The van der Waals surface area contributed by atoms with E-state index >= 15 is 0 Å². The lowest BCUT2D eigenvalue weighted by Crippen LogP contribution is -2.41. The van der Waals surface area contributed by atoms with Crippen molar-refractivity contribution in [2.24, 2.45) is 0 Å². The highest BCUT2D eigenvalue weighted by atomic mass is 79.9. The van der Waals surface area contributed by atoms with E-state index in [0.29, 0.717) is 31.2 Å². The molecule has 3 aromatic heterocycles. The van der Waals surface area contributed by atoms with Gasteiger partial charge in [-0.2, -0.15) is 26.3 Å². The Hall–Kier alpha value is -10.3. The van der Waals surface area contributed by atoms with Gasteiger partial charge in [0.1, 0.15) is 11.2 Å². The number of benzene rings is 6.